The van der Waals surface area contributed by atoms with Crippen LogP contribution in [0.4, 0.5) is 0 Å². The monoisotopic (exact) mass is 246 g/mol. The maximum atomic E-state index is 4.45. The van der Waals surface area contributed by atoms with Crippen LogP contribution in [0, 0.1) is 0 Å². The zero-order valence-corrected chi connectivity index (χ0v) is 10.6. The molecule has 7 heteroatoms. The predicted octanol–water partition coefficient (Wildman–Crippen LogP) is -0.258. The van der Waals surface area contributed by atoms with E-state index in [0.717, 1.165) is 0 Å². The van der Waals surface area contributed by atoms with Crippen LogP contribution < -0.4 is 10.9 Å². The van der Waals surface area contributed by atoms with Crippen LogP contribution in [-0.2, 0) is 44.7 Å². The van der Waals surface area contributed by atoms with Crippen molar-refractivity contribution in [2.24, 2.45) is 0 Å². The Balaban J connectivity index is 0. The molecule has 0 amide bonds. The summed E-state index contributed by atoms with van der Waals surface area (Å²) in [6.07, 6.45) is 0. The van der Waals surface area contributed by atoms with E-state index < -0.39 is 0 Å². The van der Waals surface area contributed by atoms with Gasteiger partial charge in [-0.2, -0.15) is 0 Å². The van der Waals surface area contributed by atoms with E-state index in [1.807, 2.05) is 0 Å². The van der Waals surface area contributed by atoms with Gasteiger partial charge in [0.15, 0.2) is 0 Å². The molecule has 2 nitrogen and oxygen atoms in total. The summed E-state index contributed by atoms with van der Waals surface area (Å²) in [5, 5.41) is 0. The minimum absolute atomic E-state index is 0. The van der Waals surface area contributed by atoms with E-state index >= 15 is 0 Å². The molecule has 0 heterocycles. The molecule has 0 aromatic rings. The Morgan fingerprint density at radius 2 is 1.22 bits per heavy atom. The average molecular weight is 248 g/mol. The number of nitrogens with one attached hydrogen (secondary N) is 2. The van der Waals surface area contributed by atoms with Gasteiger partial charge in [0, 0.05) is 0 Å². The number of hydrogen-bond acceptors (Lipinski definition) is 4. The summed E-state index contributed by atoms with van der Waals surface area (Å²) in [5.74, 6) is 0. The van der Waals surface area contributed by atoms with E-state index in [1.54, 1.807) is 0 Å². The standard InChI is InChI=1S/C2H4N2S4.Zn/c5-1(6)3-4-2(7)8;/h(H2,3,5,6)(H2,4,7,8);/q;+2/p-2. The smallest absolute Gasteiger partial charge is 0.410 e. The molecule has 0 bridgehead atoms. The largest absolute Gasteiger partial charge is 2.00 e. The van der Waals surface area contributed by atoms with Gasteiger partial charge in [-0.3, -0.25) is 0 Å². The maximum Gasteiger partial charge on any atom is 2.00 e. The van der Waals surface area contributed by atoms with Gasteiger partial charge >= 0.3 is 19.5 Å². The Hall–Kier alpha value is 0.843. The first-order chi connectivity index (χ1) is 3.63. The van der Waals surface area contributed by atoms with Crippen LogP contribution in [0.2, 0.25) is 0 Å². The zero-order chi connectivity index (χ0) is 6.57. The van der Waals surface area contributed by atoms with Crippen molar-refractivity contribution < 1.29 is 19.5 Å². The molecule has 0 aromatic carbocycles. The minimum atomic E-state index is 0. The van der Waals surface area contributed by atoms with Crippen molar-refractivity contribution in [2.75, 3.05) is 0 Å². The van der Waals surface area contributed by atoms with Crippen molar-refractivity contribution in [3.05, 3.63) is 0 Å². The van der Waals surface area contributed by atoms with Crippen molar-refractivity contribution in [3.8, 4) is 0 Å². The van der Waals surface area contributed by atoms with Crippen LogP contribution in [0.15, 0.2) is 0 Å². The van der Waals surface area contributed by atoms with Gasteiger partial charge in [-0.25, -0.2) is 0 Å². The van der Waals surface area contributed by atoms with E-state index in [-0.39, 0.29) is 28.1 Å². The van der Waals surface area contributed by atoms with Gasteiger partial charge in [0.1, 0.15) is 0 Å². The van der Waals surface area contributed by atoms with Crippen molar-refractivity contribution in [2.45, 2.75) is 0 Å². The summed E-state index contributed by atoms with van der Waals surface area (Å²) in [6.45, 7) is 0. The summed E-state index contributed by atoms with van der Waals surface area (Å²) >= 11 is 17.8. The molecular weight excluding hydrogens is 246 g/mol. The molecule has 0 rings (SSSR count). The molecule has 0 unspecified atom stereocenters. The fourth-order valence-electron chi connectivity index (χ4n) is 0.102. The van der Waals surface area contributed by atoms with Crippen molar-refractivity contribution in [3.63, 3.8) is 0 Å². The Morgan fingerprint density at radius 3 is 1.33 bits per heavy atom. The van der Waals surface area contributed by atoms with Gasteiger partial charge in [0.05, 0.1) is 0 Å². The van der Waals surface area contributed by atoms with E-state index in [4.69, 9.17) is 0 Å². The van der Waals surface area contributed by atoms with Crippen molar-refractivity contribution >= 4 is 58.3 Å². The van der Waals surface area contributed by atoms with Crippen LogP contribution in [0.1, 0.15) is 0 Å². The van der Waals surface area contributed by atoms with E-state index in [0.29, 0.717) is 0 Å². The molecule has 0 aliphatic heterocycles. The van der Waals surface area contributed by atoms with Gasteiger partial charge in [-0.05, 0) is 8.64 Å². The third kappa shape index (κ3) is 12.1. The summed E-state index contributed by atoms with van der Waals surface area (Å²) in [5.41, 5.74) is 4.79. The first-order valence-corrected chi connectivity index (χ1v) is 3.20. The summed E-state index contributed by atoms with van der Waals surface area (Å²) in [7, 11) is 0. The topological polar surface area (TPSA) is 24.1 Å². The molecule has 46 valence electrons. The zero-order valence-electron chi connectivity index (χ0n) is 4.34. The third-order valence-corrected chi connectivity index (χ3v) is 0.675. The molecule has 0 radical (unpaired) electrons. The van der Waals surface area contributed by atoms with Crippen LogP contribution in [0.25, 0.3) is 0 Å². The molecule has 0 spiro atoms. The molecule has 0 saturated heterocycles. The van der Waals surface area contributed by atoms with E-state index in [1.165, 1.54) is 0 Å². The number of thiocarbonyl (C=S) groups is 2. The van der Waals surface area contributed by atoms with Crippen LogP contribution in [0.5, 0.6) is 0 Å². The first-order valence-electron chi connectivity index (χ1n) is 1.57. The molecule has 0 aromatic heterocycles. The Labute approximate surface area is 88.1 Å². The van der Waals surface area contributed by atoms with Crippen molar-refractivity contribution in [1.29, 1.82) is 0 Å². The Bertz CT molecular complexity index is 101. The van der Waals surface area contributed by atoms with Crippen LogP contribution >= 0.6 is 24.4 Å². The Morgan fingerprint density at radius 1 is 1.00 bits per heavy atom. The molecule has 0 aliphatic carbocycles. The molecule has 0 fully saturated rings. The number of hydrogen-bond donors (Lipinski definition) is 2. The van der Waals surface area contributed by atoms with Gasteiger partial charge in [-0.15, -0.1) is 0 Å². The molecule has 0 saturated carbocycles. The first kappa shape index (κ1) is 12.5. The fraction of sp³-hybridized carbons (Fsp3) is 0. The van der Waals surface area contributed by atoms with E-state index in [9.17, 15) is 0 Å². The number of rotatable bonds is 0. The molecule has 0 aliphatic rings. The molecule has 9 heavy (non-hydrogen) atoms. The van der Waals surface area contributed by atoms with E-state index in [2.05, 4.69) is 60.5 Å². The van der Waals surface area contributed by atoms with Gasteiger partial charge in [-0.1, -0.05) is 0 Å². The van der Waals surface area contributed by atoms with Gasteiger partial charge in [0.25, 0.3) is 0 Å². The molecule has 0 atom stereocenters. The molecule has 2 N–H and O–H groups in total. The second-order valence-electron chi connectivity index (χ2n) is 0.825. The second kappa shape index (κ2) is 6.96. The third-order valence-electron chi connectivity index (χ3n) is 0.267. The predicted molar refractivity (Wildman–Crippen MR) is 46.2 cm³/mol. The second-order valence-corrected chi connectivity index (χ2v) is 2.97. The average Bonchev–Trinajstić information content (AvgIpc) is 1.61. The van der Waals surface area contributed by atoms with Crippen LogP contribution in [-0.4, -0.2) is 8.64 Å². The normalized spacial score (nSPS) is 6.67. The SMILES string of the molecule is S=C([S-])NNC(=S)[S-].[Zn+2]. The summed E-state index contributed by atoms with van der Waals surface area (Å²) < 4.78 is 0.411. The summed E-state index contributed by atoms with van der Waals surface area (Å²) in [4.78, 5) is 0. The Kier molecular flexibility index (Phi) is 9.67. The summed E-state index contributed by atoms with van der Waals surface area (Å²) in [6, 6.07) is 0. The minimum Gasteiger partial charge on any atom is -0.410 e. The molecular formula is C2H2N2S4Zn. The number of hydrazine groups is 1. The van der Waals surface area contributed by atoms with Crippen LogP contribution in [0.3, 0.4) is 0 Å². The fourth-order valence-corrected chi connectivity index (χ4v) is 0.306. The maximum absolute atomic E-state index is 4.45. The quantitative estimate of drug-likeness (QED) is 0.265. The van der Waals surface area contributed by atoms with Gasteiger partial charge < -0.3 is 60.5 Å². The van der Waals surface area contributed by atoms with Gasteiger partial charge in [0.2, 0.25) is 0 Å². The van der Waals surface area contributed by atoms with Crippen molar-refractivity contribution in [1.82, 2.24) is 10.9 Å².